The van der Waals surface area contributed by atoms with Crippen LogP contribution in [0, 0.1) is 5.92 Å². The Labute approximate surface area is 287 Å². The molecule has 49 heavy (non-hydrogen) atoms. The van der Waals surface area contributed by atoms with Crippen molar-refractivity contribution >= 4 is 44.3 Å². The largest absolute Gasteiger partial charge is 0.464 e. The highest BCUT2D eigenvalue weighted by molar-refractivity contribution is 6.13. The molecule has 10 rings (SSSR count). The van der Waals surface area contributed by atoms with E-state index in [2.05, 4.69) is 173 Å². The Hall–Kier alpha value is -5.74. The van der Waals surface area contributed by atoms with Gasteiger partial charge in [-0.05, 0) is 82.6 Å². The lowest BCUT2D eigenvalue weighted by atomic mass is 9.87. The third-order valence-electron chi connectivity index (χ3n) is 10.8. The van der Waals surface area contributed by atoms with E-state index in [1.807, 2.05) is 0 Å². The highest BCUT2D eigenvalue weighted by atomic mass is 16.5. The number of nitrogens with zero attached hydrogens (tertiary/aromatic N) is 2. The fraction of sp³-hybridized carbons (Fsp3) is 0.156. The van der Waals surface area contributed by atoms with Crippen molar-refractivity contribution in [2.75, 3.05) is 15.1 Å². The van der Waals surface area contributed by atoms with Crippen molar-refractivity contribution in [3.05, 3.63) is 175 Å². The lowest BCUT2D eigenvalue weighted by molar-refractivity contribution is 0.287. The van der Waals surface area contributed by atoms with Crippen LogP contribution in [0.15, 0.2) is 175 Å². The number of nitrogens with one attached hydrogen (secondary N) is 1. The first kappa shape index (κ1) is 28.3. The maximum absolute atomic E-state index is 6.76. The van der Waals surface area contributed by atoms with Gasteiger partial charge >= 0.3 is 0 Å². The van der Waals surface area contributed by atoms with Crippen LogP contribution in [-0.4, -0.2) is 18.3 Å². The van der Waals surface area contributed by atoms with Crippen molar-refractivity contribution in [2.24, 2.45) is 5.92 Å². The molecule has 1 N–H and O–H groups in total. The molecule has 0 spiro atoms. The number of allylic oxidation sites excluding steroid dienone is 6. The van der Waals surface area contributed by atoms with E-state index in [9.17, 15) is 0 Å². The van der Waals surface area contributed by atoms with Gasteiger partial charge in [0.15, 0.2) is 12.0 Å². The third-order valence-corrected chi connectivity index (χ3v) is 10.8. The predicted octanol–water partition coefficient (Wildman–Crippen LogP) is 10.8. The monoisotopic (exact) mass is 635 g/mol. The Bertz CT molecular complexity index is 2290. The average molecular weight is 636 g/mol. The second-order valence-corrected chi connectivity index (χ2v) is 13.6. The van der Waals surface area contributed by atoms with Gasteiger partial charge in [0.2, 0.25) is 0 Å². The summed E-state index contributed by atoms with van der Waals surface area (Å²) >= 11 is 0. The van der Waals surface area contributed by atoms with E-state index in [0.29, 0.717) is 5.92 Å². The van der Waals surface area contributed by atoms with Crippen molar-refractivity contribution in [3.63, 3.8) is 0 Å². The zero-order chi connectivity index (χ0) is 32.3. The van der Waals surface area contributed by atoms with Crippen LogP contribution in [-0.2, 0) is 0 Å². The van der Waals surface area contributed by atoms with E-state index in [4.69, 9.17) is 4.74 Å². The first-order valence-electron chi connectivity index (χ1n) is 17.5. The Balaban J connectivity index is 1.08. The molecule has 4 heteroatoms. The molecule has 2 heterocycles. The van der Waals surface area contributed by atoms with Crippen LogP contribution in [0.5, 0.6) is 5.75 Å². The zero-order valence-electron chi connectivity index (χ0n) is 27.2. The van der Waals surface area contributed by atoms with E-state index in [1.165, 1.54) is 55.5 Å². The van der Waals surface area contributed by atoms with Crippen LogP contribution in [0.25, 0.3) is 21.5 Å². The fourth-order valence-electron chi connectivity index (χ4n) is 8.54. The van der Waals surface area contributed by atoms with Gasteiger partial charge in [0.1, 0.15) is 0 Å². The van der Waals surface area contributed by atoms with Crippen molar-refractivity contribution in [2.45, 2.75) is 37.6 Å². The Morgan fingerprint density at radius 2 is 1.55 bits per heavy atom. The fourth-order valence-corrected chi connectivity index (χ4v) is 8.54. The molecule has 4 atom stereocenters. The van der Waals surface area contributed by atoms with Crippen LogP contribution in [0.3, 0.4) is 0 Å². The summed E-state index contributed by atoms with van der Waals surface area (Å²) in [4.78, 5) is 5.11. The number of hydrogen-bond acceptors (Lipinski definition) is 4. The van der Waals surface area contributed by atoms with Gasteiger partial charge in [-0.2, -0.15) is 0 Å². The molecule has 4 unspecified atom stereocenters. The molecule has 3 aliphatic carbocycles. The van der Waals surface area contributed by atoms with Gasteiger partial charge in [-0.15, -0.1) is 0 Å². The van der Waals surface area contributed by atoms with Crippen LogP contribution in [0.2, 0.25) is 0 Å². The summed E-state index contributed by atoms with van der Waals surface area (Å²) in [5.74, 6) is 1.31. The molecule has 0 radical (unpaired) electrons. The maximum atomic E-state index is 6.76. The quantitative estimate of drug-likeness (QED) is 0.195. The van der Waals surface area contributed by atoms with Crippen LogP contribution < -0.4 is 19.9 Å². The summed E-state index contributed by atoms with van der Waals surface area (Å²) in [6.07, 6.45) is 23.4. The summed E-state index contributed by atoms with van der Waals surface area (Å²) in [6.45, 7) is 0. The molecule has 0 amide bonds. The number of hydrogen-bond donors (Lipinski definition) is 1. The number of rotatable bonds is 5. The summed E-state index contributed by atoms with van der Waals surface area (Å²) in [7, 11) is 0. The van der Waals surface area contributed by atoms with E-state index < -0.39 is 0 Å². The summed E-state index contributed by atoms with van der Waals surface area (Å²) < 4.78 is 6.76. The van der Waals surface area contributed by atoms with Crippen molar-refractivity contribution < 1.29 is 4.74 Å². The smallest absolute Gasteiger partial charge is 0.192 e. The molecule has 0 aromatic heterocycles. The lowest BCUT2D eigenvalue weighted by Crippen LogP contribution is -2.36. The van der Waals surface area contributed by atoms with E-state index >= 15 is 0 Å². The molecule has 4 nitrogen and oxygen atoms in total. The second kappa shape index (κ2) is 11.5. The van der Waals surface area contributed by atoms with Crippen molar-refractivity contribution in [1.82, 2.24) is 0 Å². The molecule has 5 aliphatic rings. The van der Waals surface area contributed by atoms with Gasteiger partial charge < -0.3 is 19.9 Å². The first-order valence-corrected chi connectivity index (χ1v) is 17.5. The van der Waals surface area contributed by atoms with Gasteiger partial charge in [0, 0.05) is 40.5 Å². The van der Waals surface area contributed by atoms with Gasteiger partial charge in [-0.25, -0.2) is 0 Å². The van der Waals surface area contributed by atoms with Crippen LogP contribution in [0.4, 0.5) is 22.7 Å². The molecule has 0 saturated carbocycles. The van der Waals surface area contributed by atoms with Gasteiger partial charge in [-0.1, -0.05) is 115 Å². The number of fused-ring (bicyclic) bond motifs is 7. The molecule has 2 aliphatic heterocycles. The average Bonchev–Trinajstić information content (AvgIpc) is 3.75. The molecule has 0 bridgehead atoms. The first-order chi connectivity index (χ1) is 24.3. The Morgan fingerprint density at radius 3 is 2.41 bits per heavy atom. The van der Waals surface area contributed by atoms with Gasteiger partial charge in [-0.3, -0.25) is 0 Å². The minimum Gasteiger partial charge on any atom is -0.464 e. The van der Waals surface area contributed by atoms with Gasteiger partial charge in [0.25, 0.3) is 0 Å². The summed E-state index contributed by atoms with van der Waals surface area (Å²) in [6, 6.07) is 38.0. The molecule has 5 aromatic rings. The summed E-state index contributed by atoms with van der Waals surface area (Å²) in [5, 5.41) is 8.45. The molecule has 5 aromatic carbocycles. The predicted molar refractivity (Wildman–Crippen MR) is 204 cm³/mol. The standard InChI is InChI=1S/C45H37N3O/c1-4-12-32(13-5-1)45-46-40-27-23-31-21-20-30-22-24-35(28-39(30)43(31)44(40)49-45)47(33-14-6-2-7-15-33)36-25-26-38-37-18-10-11-19-41(37)48(42(38)29-36)34-16-8-3-9-17-34/h1-4,6-12,14-28,36-37,41,45-46H,5,13,29H2. The molecule has 238 valence electrons. The molecule has 0 fully saturated rings. The van der Waals surface area contributed by atoms with Gasteiger partial charge in [0.05, 0.1) is 17.8 Å². The van der Waals surface area contributed by atoms with E-state index in [-0.39, 0.29) is 18.3 Å². The normalized spacial score (nSPS) is 23.3. The number of benzene rings is 5. The topological polar surface area (TPSA) is 27.7 Å². The second-order valence-electron chi connectivity index (χ2n) is 13.6. The summed E-state index contributed by atoms with van der Waals surface area (Å²) in [5.41, 5.74) is 8.80. The number of anilines is 4. The molecule has 0 saturated heterocycles. The van der Waals surface area contributed by atoms with Crippen molar-refractivity contribution in [3.8, 4) is 5.75 Å². The SMILES string of the molecule is C1=CCCC(C2Nc3ccc4ccc5ccc(N(c6ccccc6)C6C=CC7=C(C6)N(c6ccccc6)C6C=CC=CC76)cc5c4c3O2)=C1. The minimum absolute atomic E-state index is 0.132. The molecular weight excluding hydrogens is 599 g/mol. The Morgan fingerprint density at radius 1 is 0.755 bits per heavy atom. The number of para-hydroxylation sites is 2. The Kier molecular flexibility index (Phi) is 6.61. The van der Waals surface area contributed by atoms with Crippen LogP contribution in [0.1, 0.15) is 19.3 Å². The molecular formula is C45H37N3O. The van der Waals surface area contributed by atoms with E-state index in [0.717, 1.165) is 30.7 Å². The van der Waals surface area contributed by atoms with Crippen LogP contribution >= 0.6 is 0 Å². The maximum Gasteiger partial charge on any atom is 0.192 e. The highest BCUT2D eigenvalue weighted by Gasteiger charge is 2.41. The number of ether oxygens (including phenoxy) is 1. The van der Waals surface area contributed by atoms with Crippen molar-refractivity contribution in [1.29, 1.82) is 0 Å². The zero-order valence-corrected chi connectivity index (χ0v) is 27.2. The van der Waals surface area contributed by atoms with E-state index in [1.54, 1.807) is 0 Å². The highest BCUT2D eigenvalue weighted by Crippen LogP contribution is 2.48. The third kappa shape index (κ3) is 4.66. The lowest BCUT2D eigenvalue weighted by Gasteiger charge is -2.37. The minimum atomic E-state index is -0.132.